The maximum atomic E-state index is 11.9. The normalized spacial score (nSPS) is 10.4. The summed E-state index contributed by atoms with van der Waals surface area (Å²) in [7, 11) is 0. The summed E-state index contributed by atoms with van der Waals surface area (Å²) in [6, 6.07) is 19.6. The number of nitrogens with zero attached hydrogens (tertiary/aromatic N) is 1. The minimum Gasteiger partial charge on any atom is -0.367 e. The number of thiazole rings is 1. The lowest BCUT2D eigenvalue weighted by Gasteiger charge is -2.04. The summed E-state index contributed by atoms with van der Waals surface area (Å²) in [5.41, 5.74) is 2.93. The van der Waals surface area contributed by atoms with Crippen LogP contribution in [0.3, 0.4) is 0 Å². The fourth-order valence-corrected chi connectivity index (χ4v) is 2.80. The first-order valence-corrected chi connectivity index (χ1v) is 8.12. The van der Waals surface area contributed by atoms with Gasteiger partial charge in [0.1, 0.15) is 6.61 Å². The molecule has 0 fully saturated rings. The van der Waals surface area contributed by atoms with Crippen molar-refractivity contribution < 1.29 is 9.53 Å². The van der Waals surface area contributed by atoms with E-state index in [1.54, 1.807) is 0 Å². The fraction of sp³-hybridized carbons (Fsp3) is 0.111. The molecule has 3 aromatic rings. The fourth-order valence-electron chi connectivity index (χ4n) is 2.06. The quantitative estimate of drug-likeness (QED) is 0.746. The Morgan fingerprint density at radius 1 is 1.04 bits per heavy atom. The molecule has 5 heteroatoms. The molecule has 0 unspecified atom stereocenters. The average molecular weight is 324 g/mol. The molecule has 3 rings (SSSR count). The van der Waals surface area contributed by atoms with E-state index in [4.69, 9.17) is 4.74 Å². The van der Waals surface area contributed by atoms with Crippen molar-refractivity contribution in [1.29, 1.82) is 0 Å². The van der Waals surface area contributed by atoms with E-state index >= 15 is 0 Å². The van der Waals surface area contributed by atoms with Crippen LogP contribution >= 0.6 is 11.3 Å². The molecule has 1 heterocycles. The zero-order valence-electron chi connectivity index (χ0n) is 12.4. The zero-order valence-corrected chi connectivity index (χ0v) is 13.3. The average Bonchev–Trinajstić information content (AvgIpc) is 3.05. The van der Waals surface area contributed by atoms with E-state index in [9.17, 15) is 4.79 Å². The van der Waals surface area contributed by atoms with Gasteiger partial charge in [-0.05, 0) is 5.56 Å². The highest BCUT2D eigenvalue weighted by molar-refractivity contribution is 7.14. The van der Waals surface area contributed by atoms with Crippen LogP contribution in [0.5, 0.6) is 0 Å². The number of ether oxygens (including phenoxy) is 1. The molecule has 0 aliphatic heterocycles. The molecule has 1 amide bonds. The maximum Gasteiger partial charge on any atom is 0.252 e. The molecule has 0 aliphatic rings. The van der Waals surface area contributed by atoms with Crippen molar-refractivity contribution >= 4 is 22.4 Å². The topological polar surface area (TPSA) is 51.2 Å². The Bertz CT molecular complexity index is 757. The van der Waals surface area contributed by atoms with Crippen molar-refractivity contribution in [2.45, 2.75) is 6.61 Å². The van der Waals surface area contributed by atoms with Crippen molar-refractivity contribution in [1.82, 2.24) is 4.98 Å². The first-order valence-electron chi connectivity index (χ1n) is 7.24. The Morgan fingerprint density at radius 2 is 1.74 bits per heavy atom. The Morgan fingerprint density at radius 3 is 2.48 bits per heavy atom. The first kappa shape index (κ1) is 15.4. The number of rotatable bonds is 6. The minimum atomic E-state index is -0.199. The molecule has 116 valence electrons. The number of carbonyl (C=O) groups excluding carboxylic acids is 1. The van der Waals surface area contributed by atoms with Gasteiger partial charge in [-0.15, -0.1) is 11.3 Å². The van der Waals surface area contributed by atoms with Gasteiger partial charge in [-0.1, -0.05) is 60.7 Å². The standard InChI is InChI=1S/C18H16N2O2S/c21-17(12-22-11-14-7-3-1-4-8-14)20-18-19-16(13-23-18)15-9-5-2-6-10-15/h1-10,13H,11-12H2,(H,19,20,21). The van der Waals surface area contributed by atoms with Crippen molar-refractivity contribution in [3.05, 3.63) is 71.6 Å². The SMILES string of the molecule is O=C(COCc1ccccc1)Nc1nc(-c2ccccc2)cs1. The predicted octanol–water partition coefficient (Wildman–Crippen LogP) is 3.97. The van der Waals surface area contributed by atoms with E-state index in [1.807, 2.05) is 66.0 Å². The van der Waals surface area contributed by atoms with Gasteiger partial charge < -0.3 is 4.74 Å². The van der Waals surface area contributed by atoms with Gasteiger partial charge in [0.25, 0.3) is 5.91 Å². The highest BCUT2D eigenvalue weighted by Crippen LogP contribution is 2.24. The summed E-state index contributed by atoms with van der Waals surface area (Å²) < 4.78 is 5.41. The molecule has 2 aromatic carbocycles. The van der Waals surface area contributed by atoms with Gasteiger partial charge in [-0.2, -0.15) is 0 Å². The third-order valence-electron chi connectivity index (χ3n) is 3.16. The van der Waals surface area contributed by atoms with Crippen LogP contribution in [0, 0.1) is 0 Å². The summed E-state index contributed by atoms with van der Waals surface area (Å²) in [4.78, 5) is 16.3. The molecule has 0 aliphatic carbocycles. The molecule has 1 aromatic heterocycles. The van der Waals surface area contributed by atoms with E-state index in [2.05, 4.69) is 10.3 Å². The van der Waals surface area contributed by atoms with Gasteiger partial charge in [0.15, 0.2) is 5.13 Å². The molecule has 1 N–H and O–H groups in total. The lowest BCUT2D eigenvalue weighted by molar-refractivity contribution is -0.121. The van der Waals surface area contributed by atoms with Crippen molar-refractivity contribution in [3.63, 3.8) is 0 Å². The monoisotopic (exact) mass is 324 g/mol. The molecule has 0 saturated heterocycles. The summed E-state index contributed by atoms with van der Waals surface area (Å²) >= 11 is 1.40. The Labute approximate surface area is 138 Å². The van der Waals surface area contributed by atoms with Gasteiger partial charge in [-0.3, -0.25) is 10.1 Å². The Kier molecular flexibility index (Phi) is 5.13. The molecule has 4 nitrogen and oxygen atoms in total. The number of hydrogen-bond acceptors (Lipinski definition) is 4. The predicted molar refractivity (Wildman–Crippen MR) is 92.3 cm³/mol. The second-order valence-corrected chi connectivity index (χ2v) is 5.79. The lowest BCUT2D eigenvalue weighted by Crippen LogP contribution is -2.18. The Balaban J connectivity index is 1.49. The number of hydrogen-bond donors (Lipinski definition) is 1. The van der Waals surface area contributed by atoms with Crippen LogP contribution in [0.4, 0.5) is 5.13 Å². The van der Waals surface area contributed by atoms with Crippen LogP contribution in [0.1, 0.15) is 5.56 Å². The molecular formula is C18H16N2O2S. The zero-order chi connectivity index (χ0) is 15.9. The number of carbonyl (C=O) groups is 1. The summed E-state index contributed by atoms with van der Waals surface area (Å²) in [6.45, 7) is 0.427. The second-order valence-electron chi connectivity index (χ2n) is 4.93. The molecule has 0 bridgehead atoms. The van der Waals surface area contributed by atoms with Crippen molar-refractivity contribution in [3.8, 4) is 11.3 Å². The second kappa shape index (κ2) is 7.67. The van der Waals surface area contributed by atoms with Crippen LogP contribution < -0.4 is 5.32 Å². The van der Waals surface area contributed by atoms with Crippen molar-refractivity contribution in [2.75, 3.05) is 11.9 Å². The lowest BCUT2D eigenvalue weighted by atomic mass is 10.2. The van der Waals surface area contributed by atoms with Crippen LogP contribution in [0.15, 0.2) is 66.0 Å². The van der Waals surface area contributed by atoms with E-state index in [-0.39, 0.29) is 12.5 Å². The number of amides is 1. The summed E-state index contributed by atoms with van der Waals surface area (Å²) in [6.07, 6.45) is 0. The number of aromatic nitrogens is 1. The number of anilines is 1. The summed E-state index contributed by atoms with van der Waals surface area (Å²) in [5.74, 6) is -0.199. The van der Waals surface area contributed by atoms with E-state index in [0.717, 1.165) is 16.8 Å². The van der Waals surface area contributed by atoms with E-state index < -0.39 is 0 Å². The maximum absolute atomic E-state index is 11.9. The highest BCUT2D eigenvalue weighted by Gasteiger charge is 2.08. The summed E-state index contributed by atoms with van der Waals surface area (Å²) in [5, 5.41) is 5.27. The molecule has 0 radical (unpaired) electrons. The van der Waals surface area contributed by atoms with Crippen LogP contribution in [-0.2, 0) is 16.1 Å². The van der Waals surface area contributed by atoms with E-state index in [1.165, 1.54) is 11.3 Å². The van der Waals surface area contributed by atoms with Crippen LogP contribution in [0.25, 0.3) is 11.3 Å². The largest absolute Gasteiger partial charge is 0.367 e. The van der Waals surface area contributed by atoms with Crippen LogP contribution in [-0.4, -0.2) is 17.5 Å². The molecule has 0 spiro atoms. The minimum absolute atomic E-state index is 0.00907. The molecule has 0 saturated carbocycles. The van der Waals surface area contributed by atoms with Gasteiger partial charge >= 0.3 is 0 Å². The van der Waals surface area contributed by atoms with Gasteiger partial charge in [-0.25, -0.2) is 4.98 Å². The molecule has 0 atom stereocenters. The first-order chi connectivity index (χ1) is 11.3. The third-order valence-corrected chi connectivity index (χ3v) is 3.92. The van der Waals surface area contributed by atoms with Crippen molar-refractivity contribution in [2.24, 2.45) is 0 Å². The van der Waals surface area contributed by atoms with Gasteiger partial charge in [0.05, 0.1) is 12.3 Å². The highest BCUT2D eigenvalue weighted by atomic mass is 32.1. The third kappa shape index (κ3) is 4.48. The molecular weight excluding hydrogens is 308 g/mol. The number of nitrogens with one attached hydrogen (secondary N) is 1. The van der Waals surface area contributed by atoms with Gasteiger partial charge in [0.2, 0.25) is 0 Å². The number of benzene rings is 2. The van der Waals surface area contributed by atoms with Gasteiger partial charge in [0, 0.05) is 10.9 Å². The molecule has 23 heavy (non-hydrogen) atoms. The van der Waals surface area contributed by atoms with E-state index in [0.29, 0.717) is 11.7 Å². The Hall–Kier alpha value is -2.50. The smallest absolute Gasteiger partial charge is 0.252 e. The van der Waals surface area contributed by atoms with Crippen LogP contribution in [0.2, 0.25) is 0 Å².